The number of hydrogen-bond donors (Lipinski definition) is 3. The summed E-state index contributed by atoms with van der Waals surface area (Å²) in [4.78, 5) is 26.8. The normalized spacial score (nSPS) is 18.8. The average Bonchev–Trinajstić information content (AvgIpc) is 3.00. The summed E-state index contributed by atoms with van der Waals surface area (Å²) in [5.74, 6) is 0.257. The Balaban J connectivity index is 1.76. The third kappa shape index (κ3) is 4.55. The molecule has 0 spiro atoms. The zero-order valence-electron chi connectivity index (χ0n) is 15.4. The summed E-state index contributed by atoms with van der Waals surface area (Å²) in [7, 11) is 1.59. The lowest BCUT2D eigenvalue weighted by Crippen LogP contribution is -2.45. The smallest absolute Gasteiger partial charge is 0.319 e. The van der Waals surface area contributed by atoms with Crippen LogP contribution in [-0.2, 0) is 4.79 Å². The molecule has 0 aliphatic carbocycles. The number of carbonyl (C=O) groups excluding carboxylic acids is 2. The molecule has 2 aromatic rings. The first kappa shape index (κ1) is 20.0. The second-order valence-corrected chi connectivity index (χ2v) is 6.91. The zero-order chi connectivity index (χ0) is 20.1. The number of aliphatic hydroxyl groups is 1. The predicted molar refractivity (Wildman–Crippen MR) is 107 cm³/mol. The van der Waals surface area contributed by atoms with E-state index in [9.17, 15) is 14.7 Å². The summed E-state index contributed by atoms with van der Waals surface area (Å²) < 4.78 is 5.18. The van der Waals surface area contributed by atoms with Gasteiger partial charge in [0.05, 0.1) is 13.7 Å². The molecule has 1 aliphatic heterocycles. The molecule has 7 nitrogen and oxygen atoms in total. The van der Waals surface area contributed by atoms with Gasteiger partial charge < -0.3 is 25.4 Å². The average molecular weight is 404 g/mol. The van der Waals surface area contributed by atoms with E-state index in [0.29, 0.717) is 23.0 Å². The molecule has 0 unspecified atom stereocenters. The molecule has 28 heavy (non-hydrogen) atoms. The first-order valence-electron chi connectivity index (χ1n) is 8.88. The number of anilines is 1. The van der Waals surface area contributed by atoms with E-state index in [1.165, 1.54) is 0 Å². The van der Waals surface area contributed by atoms with Crippen molar-refractivity contribution in [1.82, 2.24) is 10.2 Å². The Morgan fingerprint density at radius 3 is 2.50 bits per heavy atom. The Morgan fingerprint density at radius 2 is 1.89 bits per heavy atom. The highest BCUT2D eigenvalue weighted by Crippen LogP contribution is 2.30. The number of halogens is 1. The number of benzene rings is 2. The molecule has 148 valence electrons. The zero-order valence-corrected chi connectivity index (χ0v) is 16.1. The largest absolute Gasteiger partial charge is 0.497 e. The number of urea groups is 1. The van der Waals surface area contributed by atoms with Crippen molar-refractivity contribution in [2.45, 2.75) is 12.0 Å². The number of rotatable bonds is 6. The van der Waals surface area contributed by atoms with Gasteiger partial charge in [0.15, 0.2) is 0 Å². The van der Waals surface area contributed by atoms with E-state index in [0.717, 1.165) is 5.56 Å². The molecule has 1 saturated heterocycles. The molecule has 0 aromatic heterocycles. The number of hydrogen-bond acceptors (Lipinski definition) is 4. The van der Waals surface area contributed by atoms with Crippen LogP contribution in [0, 0.1) is 0 Å². The van der Waals surface area contributed by atoms with Crippen molar-refractivity contribution in [3.05, 3.63) is 59.1 Å². The molecule has 0 radical (unpaired) electrons. The number of nitrogens with one attached hydrogen (secondary N) is 2. The van der Waals surface area contributed by atoms with E-state index < -0.39 is 12.1 Å². The number of carbonyl (C=O) groups is 2. The van der Waals surface area contributed by atoms with E-state index in [1.54, 1.807) is 36.3 Å². The van der Waals surface area contributed by atoms with Gasteiger partial charge in [-0.25, -0.2) is 4.79 Å². The lowest BCUT2D eigenvalue weighted by atomic mass is 9.94. The molecule has 2 atom stereocenters. The molecular formula is C20H22ClN3O4. The molecule has 1 aliphatic rings. The second-order valence-electron chi connectivity index (χ2n) is 6.47. The number of likely N-dealkylation sites (tertiary alicyclic amines) is 1. The fraction of sp³-hybridized carbons (Fsp3) is 0.300. The third-order valence-electron chi connectivity index (χ3n) is 4.70. The SMILES string of the molecule is COc1ccc([C@H]2CN(CCO)C(=O)[C@@H]2NC(=O)Nc2ccc(Cl)cc2)cc1. The minimum Gasteiger partial charge on any atom is -0.497 e. The maximum absolute atomic E-state index is 12.8. The summed E-state index contributed by atoms with van der Waals surface area (Å²) in [6, 6.07) is 12.9. The van der Waals surface area contributed by atoms with Crippen LogP contribution in [0.1, 0.15) is 11.5 Å². The van der Waals surface area contributed by atoms with Crippen molar-refractivity contribution in [3.63, 3.8) is 0 Å². The molecule has 1 heterocycles. The van der Waals surface area contributed by atoms with Crippen LogP contribution in [0.5, 0.6) is 5.75 Å². The summed E-state index contributed by atoms with van der Waals surface area (Å²) in [5, 5.41) is 15.3. The predicted octanol–water partition coefficient (Wildman–Crippen LogP) is 2.46. The van der Waals surface area contributed by atoms with Gasteiger partial charge in [0, 0.05) is 29.7 Å². The van der Waals surface area contributed by atoms with Gasteiger partial charge >= 0.3 is 6.03 Å². The molecule has 1 fully saturated rings. The maximum atomic E-state index is 12.8. The Labute approximate surface area is 168 Å². The van der Waals surface area contributed by atoms with Crippen LogP contribution in [0.15, 0.2) is 48.5 Å². The number of ether oxygens (including phenoxy) is 1. The summed E-state index contributed by atoms with van der Waals surface area (Å²) in [6.45, 7) is 0.505. The highest BCUT2D eigenvalue weighted by atomic mass is 35.5. The van der Waals surface area contributed by atoms with Gasteiger partial charge in [0.1, 0.15) is 11.8 Å². The summed E-state index contributed by atoms with van der Waals surface area (Å²) in [5.41, 5.74) is 1.48. The molecule has 3 amide bonds. The van der Waals surface area contributed by atoms with Crippen molar-refractivity contribution in [2.75, 3.05) is 32.1 Å². The quantitative estimate of drug-likeness (QED) is 0.691. The molecule has 0 saturated carbocycles. The fourth-order valence-electron chi connectivity index (χ4n) is 3.28. The van der Waals surface area contributed by atoms with Crippen molar-refractivity contribution in [2.24, 2.45) is 0 Å². The van der Waals surface area contributed by atoms with Gasteiger partial charge in [-0.1, -0.05) is 23.7 Å². The van der Waals surface area contributed by atoms with Crippen LogP contribution in [-0.4, -0.2) is 54.8 Å². The maximum Gasteiger partial charge on any atom is 0.319 e. The molecule has 0 bridgehead atoms. The number of methoxy groups -OCH3 is 1. The third-order valence-corrected chi connectivity index (χ3v) is 4.95. The minimum absolute atomic E-state index is 0.134. The summed E-state index contributed by atoms with van der Waals surface area (Å²) >= 11 is 5.85. The standard InChI is InChI=1S/C20H22ClN3O4/c1-28-16-8-2-13(3-9-16)17-12-24(10-11-25)19(26)18(17)23-20(27)22-15-6-4-14(21)5-7-15/h2-9,17-18,25H,10-12H2,1H3,(H2,22,23,27)/t17-,18-/m1/s1. The molecule has 3 rings (SSSR count). The van der Waals surface area contributed by atoms with Crippen LogP contribution in [0.4, 0.5) is 10.5 Å². The van der Waals surface area contributed by atoms with Gasteiger partial charge in [-0.3, -0.25) is 4.79 Å². The topological polar surface area (TPSA) is 90.9 Å². The molecule has 2 aromatic carbocycles. The van der Waals surface area contributed by atoms with Crippen molar-refractivity contribution in [1.29, 1.82) is 0 Å². The Bertz CT molecular complexity index is 826. The van der Waals surface area contributed by atoms with E-state index in [4.69, 9.17) is 16.3 Å². The van der Waals surface area contributed by atoms with Crippen LogP contribution in [0.3, 0.4) is 0 Å². The number of aliphatic hydroxyl groups excluding tert-OH is 1. The minimum atomic E-state index is -0.729. The highest BCUT2D eigenvalue weighted by Gasteiger charge is 2.41. The van der Waals surface area contributed by atoms with Crippen LogP contribution >= 0.6 is 11.6 Å². The van der Waals surface area contributed by atoms with Crippen molar-refractivity contribution in [3.8, 4) is 5.75 Å². The van der Waals surface area contributed by atoms with E-state index >= 15 is 0 Å². The Kier molecular flexibility index (Phi) is 6.38. The lowest BCUT2D eigenvalue weighted by molar-refractivity contribution is -0.129. The van der Waals surface area contributed by atoms with Crippen LogP contribution in [0.2, 0.25) is 5.02 Å². The van der Waals surface area contributed by atoms with E-state index in [2.05, 4.69) is 10.6 Å². The fourth-order valence-corrected chi connectivity index (χ4v) is 3.40. The summed E-state index contributed by atoms with van der Waals surface area (Å²) in [6.07, 6.45) is 0. The first-order valence-corrected chi connectivity index (χ1v) is 9.26. The van der Waals surface area contributed by atoms with Gasteiger partial charge in [-0.15, -0.1) is 0 Å². The van der Waals surface area contributed by atoms with Crippen LogP contribution in [0.25, 0.3) is 0 Å². The molecule has 3 N–H and O–H groups in total. The van der Waals surface area contributed by atoms with Gasteiger partial charge in [-0.05, 0) is 42.0 Å². The van der Waals surface area contributed by atoms with Crippen molar-refractivity contribution < 1.29 is 19.4 Å². The van der Waals surface area contributed by atoms with Gasteiger partial charge in [0.2, 0.25) is 5.91 Å². The number of nitrogens with zero attached hydrogens (tertiary/aromatic N) is 1. The van der Waals surface area contributed by atoms with Crippen LogP contribution < -0.4 is 15.4 Å². The second kappa shape index (κ2) is 8.95. The lowest BCUT2D eigenvalue weighted by Gasteiger charge is -2.19. The molecule has 8 heteroatoms. The Hall–Kier alpha value is -2.77. The van der Waals surface area contributed by atoms with E-state index in [1.807, 2.05) is 24.3 Å². The van der Waals surface area contributed by atoms with E-state index in [-0.39, 0.29) is 25.0 Å². The highest BCUT2D eigenvalue weighted by molar-refractivity contribution is 6.30. The molecular weight excluding hydrogens is 382 g/mol. The van der Waals surface area contributed by atoms with Gasteiger partial charge in [-0.2, -0.15) is 0 Å². The van der Waals surface area contributed by atoms with Crippen molar-refractivity contribution >= 4 is 29.2 Å². The number of β-amino-alcohol motifs (C(OH)–C–C–N with tert-alkyl or cyclic N) is 1. The monoisotopic (exact) mass is 403 g/mol. The first-order chi connectivity index (χ1) is 13.5. The Morgan fingerprint density at radius 1 is 1.21 bits per heavy atom. The van der Waals surface area contributed by atoms with Gasteiger partial charge in [0.25, 0.3) is 0 Å². The number of amides is 3.